The lowest BCUT2D eigenvalue weighted by Gasteiger charge is -2.21. The number of carbonyl (C=O) groups is 3. The van der Waals surface area contributed by atoms with Crippen molar-refractivity contribution in [1.29, 1.82) is 0 Å². The minimum Gasteiger partial charge on any atom is -0.462 e. The van der Waals surface area contributed by atoms with Crippen LogP contribution in [0.2, 0.25) is 0 Å². The summed E-state index contributed by atoms with van der Waals surface area (Å²) in [6.07, 6.45) is 3.08. The lowest BCUT2D eigenvalue weighted by Crippen LogP contribution is -2.33. The van der Waals surface area contributed by atoms with Gasteiger partial charge in [-0.05, 0) is 83.7 Å². The number of esters is 1. The third kappa shape index (κ3) is 9.51. The fourth-order valence-electron chi connectivity index (χ4n) is 4.59. The third-order valence-corrected chi connectivity index (χ3v) is 8.75. The summed E-state index contributed by atoms with van der Waals surface area (Å²) >= 11 is 0. The van der Waals surface area contributed by atoms with Crippen molar-refractivity contribution in [2.75, 3.05) is 32.6 Å². The van der Waals surface area contributed by atoms with Gasteiger partial charge in [0.15, 0.2) is 0 Å². The molecule has 1 heterocycles. The molecule has 1 atom stereocenters. The average Bonchev–Trinajstić information content (AvgIpc) is 3.33. The van der Waals surface area contributed by atoms with Crippen molar-refractivity contribution in [2.45, 2.75) is 83.3 Å². The highest BCUT2D eigenvalue weighted by Gasteiger charge is 2.27. The summed E-state index contributed by atoms with van der Waals surface area (Å²) < 4.78 is 40.1. The molecule has 3 aromatic rings. The van der Waals surface area contributed by atoms with E-state index in [4.69, 9.17) is 9.47 Å². The number of nitrogens with zero attached hydrogens (tertiary/aromatic N) is 3. The Balaban J connectivity index is 1.89. The molecule has 0 aliphatic rings. The van der Waals surface area contributed by atoms with Gasteiger partial charge in [0, 0.05) is 32.2 Å². The first-order valence-corrected chi connectivity index (χ1v) is 16.6. The minimum atomic E-state index is -3.86. The largest absolute Gasteiger partial charge is 0.462 e. The topological polar surface area (TPSA) is 149 Å². The number of ether oxygens (including phenoxy) is 2. The lowest BCUT2D eigenvalue weighted by atomic mass is 10.1. The van der Waals surface area contributed by atoms with Gasteiger partial charge in [-0.2, -0.15) is 0 Å². The Labute approximate surface area is 265 Å². The second kappa shape index (κ2) is 15.3. The van der Waals surface area contributed by atoms with E-state index >= 15 is 0 Å². The van der Waals surface area contributed by atoms with Gasteiger partial charge in [-0.3, -0.25) is 10.1 Å². The number of sulfonamides is 1. The number of carbonyl (C=O) groups excluding carboxylic acids is 3. The van der Waals surface area contributed by atoms with Crippen LogP contribution in [0.5, 0.6) is 0 Å². The monoisotopic (exact) mass is 643 g/mol. The first-order chi connectivity index (χ1) is 21.2. The highest BCUT2D eigenvalue weighted by Crippen LogP contribution is 2.33. The van der Waals surface area contributed by atoms with Gasteiger partial charge >= 0.3 is 12.1 Å². The number of alkyl carbamates (subject to hydrolysis) is 1. The van der Waals surface area contributed by atoms with E-state index in [0.29, 0.717) is 43.4 Å². The molecule has 0 bridgehead atoms. The maximum absolute atomic E-state index is 13.5. The van der Waals surface area contributed by atoms with Crippen LogP contribution in [-0.2, 0) is 19.5 Å². The number of anilines is 1. The van der Waals surface area contributed by atoms with Crippen molar-refractivity contribution < 1.29 is 32.3 Å². The summed E-state index contributed by atoms with van der Waals surface area (Å²) in [6, 6.07) is 10.8. The Kier molecular flexibility index (Phi) is 12.1. The van der Waals surface area contributed by atoms with Crippen LogP contribution in [0.4, 0.5) is 10.7 Å². The highest BCUT2D eigenvalue weighted by molar-refractivity contribution is 7.89. The van der Waals surface area contributed by atoms with Gasteiger partial charge in [0.1, 0.15) is 10.5 Å². The van der Waals surface area contributed by atoms with Crippen LogP contribution in [0.15, 0.2) is 47.4 Å². The molecular weight excluding hydrogens is 598 g/mol. The predicted octanol–water partition coefficient (Wildman–Crippen LogP) is 5.75. The molecule has 2 N–H and O–H groups in total. The van der Waals surface area contributed by atoms with Crippen molar-refractivity contribution in [3.8, 4) is 0 Å². The molecular formula is C32H45N5O7S. The second-order valence-electron chi connectivity index (χ2n) is 12.0. The van der Waals surface area contributed by atoms with Gasteiger partial charge in [0.05, 0.1) is 23.2 Å². The van der Waals surface area contributed by atoms with Crippen LogP contribution >= 0.6 is 0 Å². The summed E-state index contributed by atoms with van der Waals surface area (Å²) in [7, 11) is -0.944. The number of unbranched alkanes of at least 4 members (excludes halogenated alkanes) is 2. The van der Waals surface area contributed by atoms with E-state index in [9.17, 15) is 22.8 Å². The van der Waals surface area contributed by atoms with E-state index in [2.05, 4.69) is 15.6 Å². The minimum absolute atomic E-state index is 0.0632. The summed E-state index contributed by atoms with van der Waals surface area (Å²) in [4.78, 5) is 42.6. The van der Waals surface area contributed by atoms with Crippen LogP contribution in [0.3, 0.4) is 0 Å². The van der Waals surface area contributed by atoms with E-state index in [0.717, 1.165) is 17.1 Å². The van der Waals surface area contributed by atoms with Crippen LogP contribution in [-0.4, -0.2) is 73.1 Å². The number of nitrogens with one attached hydrogen (secondary N) is 2. The fraction of sp³-hybridized carbons (Fsp3) is 0.500. The zero-order valence-electron chi connectivity index (χ0n) is 27.2. The van der Waals surface area contributed by atoms with Gasteiger partial charge in [0.25, 0.3) is 5.91 Å². The summed E-state index contributed by atoms with van der Waals surface area (Å²) in [5.74, 6) is -0.856. The molecule has 45 heavy (non-hydrogen) atoms. The molecule has 1 aromatic heterocycles. The predicted molar refractivity (Wildman–Crippen MR) is 173 cm³/mol. The quantitative estimate of drug-likeness (QED) is 0.167. The zero-order valence-corrected chi connectivity index (χ0v) is 28.0. The lowest BCUT2D eigenvalue weighted by molar-refractivity contribution is 0.0496. The van der Waals surface area contributed by atoms with Crippen LogP contribution in [0, 0.1) is 0 Å². The molecule has 13 heteroatoms. The second-order valence-corrected chi connectivity index (χ2v) is 14.1. The van der Waals surface area contributed by atoms with E-state index in [1.54, 1.807) is 55.7 Å². The number of hydrogen-bond donors (Lipinski definition) is 2. The van der Waals surface area contributed by atoms with Gasteiger partial charge in [0.2, 0.25) is 16.0 Å². The number of amides is 2. The molecule has 246 valence electrons. The van der Waals surface area contributed by atoms with Gasteiger partial charge in [-0.25, -0.2) is 27.3 Å². The molecule has 12 nitrogen and oxygen atoms in total. The molecule has 0 radical (unpaired) electrons. The molecule has 0 unspecified atom stereocenters. The fourth-order valence-corrected chi connectivity index (χ4v) is 5.68. The van der Waals surface area contributed by atoms with E-state index in [-0.39, 0.29) is 28.0 Å². The first kappa shape index (κ1) is 35.5. The number of para-hydroxylation sites is 1. The Morgan fingerprint density at radius 3 is 2.38 bits per heavy atom. The van der Waals surface area contributed by atoms with Crippen molar-refractivity contribution in [1.82, 2.24) is 19.2 Å². The standard InChI is InChI=1S/C32H45N5O7S/c1-8-9-20-43-29(39)24-16-12-15-23(21-24)28(38)35-30-34-25-17-13-18-26(45(41,42)36(6)7)27(25)37(30)22(2)14-10-11-19-33-31(40)44-32(3,4)5/h12-13,15-18,21-22H,8-11,14,19-20H2,1-7H3,(H,33,40)(H,34,35,38)/t22-/m1/s1. The Hall–Kier alpha value is -3.97. The molecule has 0 aliphatic heterocycles. The van der Waals surface area contributed by atoms with Crippen LogP contribution in [0.1, 0.15) is 93.5 Å². The van der Waals surface area contributed by atoms with Crippen LogP contribution < -0.4 is 10.6 Å². The van der Waals surface area contributed by atoms with E-state index < -0.39 is 33.6 Å². The molecule has 0 saturated heterocycles. The van der Waals surface area contributed by atoms with Gasteiger partial charge in [-0.1, -0.05) is 25.5 Å². The molecule has 3 rings (SSSR count). The Morgan fingerprint density at radius 2 is 1.71 bits per heavy atom. The average molecular weight is 644 g/mol. The first-order valence-electron chi connectivity index (χ1n) is 15.1. The van der Waals surface area contributed by atoms with Crippen molar-refractivity contribution in [3.05, 3.63) is 53.6 Å². The van der Waals surface area contributed by atoms with Crippen LogP contribution in [0.25, 0.3) is 11.0 Å². The maximum atomic E-state index is 13.5. The third-order valence-electron chi connectivity index (χ3n) is 6.91. The molecule has 0 aliphatic carbocycles. The van der Waals surface area contributed by atoms with E-state index in [1.165, 1.54) is 26.2 Å². The smallest absolute Gasteiger partial charge is 0.407 e. The molecule has 0 saturated carbocycles. The van der Waals surface area contributed by atoms with Gasteiger partial charge in [-0.15, -0.1) is 0 Å². The highest BCUT2D eigenvalue weighted by atomic mass is 32.2. The number of hydrogen-bond acceptors (Lipinski definition) is 8. The number of benzene rings is 2. The Morgan fingerprint density at radius 1 is 1.02 bits per heavy atom. The summed E-state index contributed by atoms with van der Waals surface area (Å²) in [5.41, 5.74) is 0.653. The number of fused-ring (bicyclic) bond motifs is 1. The molecule has 2 amide bonds. The number of aromatic nitrogens is 2. The maximum Gasteiger partial charge on any atom is 0.407 e. The summed E-state index contributed by atoms with van der Waals surface area (Å²) in [6.45, 7) is 10.0. The number of rotatable bonds is 14. The van der Waals surface area contributed by atoms with Crippen molar-refractivity contribution >= 4 is 45.0 Å². The SMILES string of the molecule is CCCCOC(=O)c1cccc(C(=O)Nc2nc3cccc(S(=O)(=O)N(C)C)c3n2[C@H](C)CCCCNC(=O)OC(C)(C)C)c1. The number of imidazole rings is 1. The van der Waals surface area contributed by atoms with Gasteiger partial charge < -0.3 is 19.4 Å². The van der Waals surface area contributed by atoms with Crippen molar-refractivity contribution in [2.24, 2.45) is 0 Å². The zero-order chi connectivity index (χ0) is 33.4. The molecule has 0 fully saturated rings. The van der Waals surface area contributed by atoms with E-state index in [1.807, 2.05) is 13.8 Å². The van der Waals surface area contributed by atoms with Crippen molar-refractivity contribution in [3.63, 3.8) is 0 Å². The molecule has 2 aromatic carbocycles. The molecule has 0 spiro atoms. The Bertz CT molecular complexity index is 1610. The normalized spacial score (nSPS) is 12.6. The summed E-state index contributed by atoms with van der Waals surface area (Å²) in [5, 5.41) is 5.59.